The second-order valence-electron chi connectivity index (χ2n) is 7.56. The number of rotatable bonds is 3. The van der Waals surface area contributed by atoms with E-state index in [1.807, 2.05) is 0 Å². The Balaban J connectivity index is 1.51. The van der Waals surface area contributed by atoms with Gasteiger partial charge in [-0.15, -0.1) is 11.3 Å². The minimum atomic E-state index is -0.652. The van der Waals surface area contributed by atoms with Crippen LogP contribution < -0.4 is 5.43 Å². The maximum absolute atomic E-state index is 13.9. The zero-order chi connectivity index (χ0) is 21.0. The molecule has 4 heterocycles. The topological polar surface area (TPSA) is 75.4 Å². The molecule has 30 heavy (non-hydrogen) atoms. The van der Waals surface area contributed by atoms with Crippen molar-refractivity contribution in [2.24, 2.45) is 0 Å². The predicted octanol–water partition coefficient (Wildman–Crippen LogP) is 3.16. The second kappa shape index (κ2) is 7.02. The molecule has 0 bridgehead atoms. The van der Waals surface area contributed by atoms with E-state index in [-0.39, 0.29) is 29.6 Å². The van der Waals surface area contributed by atoms with Gasteiger partial charge in [0, 0.05) is 42.8 Å². The van der Waals surface area contributed by atoms with E-state index in [2.05, 4.69) is 4.98 Å². The predicted molar refractivity (Wildman–Crippen MR) is 107 cm³/mol. The van der Waals surface area contributed by atoms with E-state index in [4.69, 9.17) is 0 Å². The molecule has 2 aliphatic rings. The third kappa shape index (κ3) is 3.00. The zero-order valence-corrected chi connectivity index (χ0v) is 16.6. The van der Waals surface area contributed by atoms with Crippen molar-refractivity contribution in [3.63, 3.8) is 0 Å². The zero-order valence-electron chi connectivity index (χ0n) is 15.8. The number of pyridine rings is 1. The number of carbonyl (C=O) groups is 1. The molecule has 2 aliphatic heterocycles. The Hall–Kier alpha value is -3.07. The number of hydrogen-bond acceptors (Lipinski definition) is 5. The van der Waals surface area contributed by atoms with Gasteiger partial charge in [0.2, 0.25) is 5.43 Å². The molecule has 0 spiro atoms. The summed E-state index contributed by atoms with van der Waals surface area (Å²) in [5.74, 6) is -2.18. The summed E-state index contributed by atoms with van der Waals surface area (Å²) in [7, 11) is 0. The Morgan fingerprint density at radius 1 is 1.27 bits per heavy atom. The van der Waals surface area contributed by atoms with Gasteiger partial charge in [0.15, 0.2) is 11.4 Å². The quantitative estimate of drug-likeness (QED) is 0.694. The first-order valence-corrected chi connectivity index (χ1v) is 10.4. The molecule has 0 radical (unpaired) electrons. The second-order valence-corrected chi connectivity index (χ2v) is 8.68. The van der Waals surface area contributed by atoms with Gasteiger partial charge in [0.05, 0.1) is 11.6 Å². The van der Waals surface area contributed by atoms with Gasteiger partial charge >= 0.3 is 0 Å². The summed E-state index contributed by atoms with van der Waals surface area (Å²) in [4.78, 5) is 32.2. The van der Waals surface area contributed by atoms with Crippen LogP contribution in [-0.2, 0) is 13.0 Å². The average Bonchev–Trinajstić information content (AvgIpc) is 3.36. The largest absolute Gasteiger partial charge is 0.503 e. The van der Waals surface area contributed by atoms with E-state index in [0.29, 0.717) is 28.5 Å². The summed E-state index contributed by atoms with van der Waals surface area (Å²) >= 11 is 1.20. The van der Waals surface area contributed by atoms with Crippen LogP contribution in [0.2, 0.25) is 0 Å². The van der Waals surface area contributed by atoms with E-state index in [0.717, 1.165) is 18.9 Å². The summed E-state index contributed by atoms with van der Waals surface area (Å²) in [6.07, 6.45) is 5.10. The van der Waals surface area contributed by atoms with Crippen LogP contribution in [0.4, 0.5) is 8.78 Å². The molecule has 1 N–H and O–H groups in total. The number of aromatic hydroxyl groups is 1. The highest BCUT2D eigenvalue weighted by molar-refractivity contribution is 7.15. The first-order chi connectivity index (χ1) is 14.4. The van der Waals surface area contributed by atoms with Gasteiger partial charge in [-0.05, 0) is 24.5 Å². The molecule has 1 amide bonds. The molecule has 5 rings (SSSR count). The van der Waals surface area contributed by atoms with Crippen LogP contribution in [0.15, 0.2) is 35.4 Å². The molecule has 1 fully saturated rings. The average molecular weight is 429 g/mol. The lowest BCUT2D eigenvalue weighted by atomic mass is 10.1. The molecule has 0 aliphatic carbocycles. The van der Waals surface area contributed by atoms with Gasteiger partial charge in [0.1, 0.15) is 16.6 Å². The molecule has 6 nitrogen and oxygen atoms in total. The molecule has 154 valence electrons. The summed E-state index contributed by atoms with van der Waals surface area (Å²) in [6.45, 7) is 1.15. The monoisotopic (exact) mass is 429 g/mol. The highest BCUT2D eigenvalue weighted by Crippen LogP contribution is 2.32. The van der Waals surface area contributed by atoms with Crippen molar-refractivity contribution < 1.29 is 18.7 Å². The molecular formula is C21H17F2N3O3S. The Kier molecular flexibility index (Phi) is 4.43. The van der Waals surface area contributed by atoms with Crippen LogP contribution in [0.1, 0.15) is 33.8 Å². The Morgan fingerprint density at radius 3 is 2.90 bits per heavy atom. The van der Waals surface area contributed by atoms with Gasteiger partial charge < -0.3 is 14.6 Å². The lowest BCUT2D eigenvalue weighted by molar-refractivity contribution is 0.0661. The molecule has 1 saturated heterocycles. The van der Waals surface area contributed by atoms with E-state index < -0.39 is 22.8 Å². The normalized spacial score (nSPS) is 17.9. The van der Waals surface area contributed by atoms with Crippen molar-refractivity contribution in [2.45, 2.75) is 31.8 Å². The van der Waals surface area contributed by atoms with Crippen LogP contribution >= 0.6 is 11.3 Å². The van der Waals surface area contributed by atoms with Gasteiger partial charge in [-0.3, -0.25) is 9.59 Å². The third-order valence-corrected chi connectivity index (χ3v) is 6.70. The van der Waals surface area contributed by atoms with Crippen molar-refractivity contribution in [3.8, 4) is 16.3 Å². The minimum Gasteiger partial charge on any atom is -0.503 e. The van der Waals surface area contributed by atoms with Crippen molar-refractivity contribution in [1.82, 2.24) is 14.5 Å². The van der Waals surface area contributed by atoms with E-state index >= 15 is 0 Å². The number of amides is 1. The van der Waals surface area contributed by atoms with Gasteiger partial charge in [-0.25, -0.2) is 13.8 Å². The molecule has 1 aromatic carbocycles. The fourth-order valence-corrected chi connectivity index (χ4v) is 5.14. The van der Waals surface area contributed by atoms with Gasteiger partial charge in [-0.2, -0.15) is 0 Å². The summed E-state index contributed by atoms with van der Waals surface area (Å²) in [5, 5.41) is 10.9. The molecule has 0 saturated carbocycles. The molecule has 0 unspecified atom stereocenters. The van der Waals surface area contributed by atoms with E-state index in [1.165, 1.54) is 29.7 Å². The lowest BCUT2D eigenvalue weighted by Gasteiger charge is -2.32. The van der Waals surface area contributed by atoms with Crippen LogP contribution in [0, 0.1) is 11.6 Å². The molecule has 1 atom stereocenters. The number of aromatic nitrogens is 2. The smallest absolute Gasteiger partial charge is 0.274 e. The van der Waals surface area contributed by atoms with Crippen molar-refractivity contribution >= 4 is 17.2 Å². The molecule has 3 aromatic rings. The van der Waals surface area contributed by atoms with Crippen molar-refractivity contribution in [2.75, 3.05) is 6.54 Å². The van der Waals surface area contributed by atoms with Gasteiger partial charge in [0.25, 0.3) is 5.91 Å². The first kappa shape index (κ1) is 18.9. The SMILES string of the molecule is O=C1c2c(O)c(=O)c(-c3ncc(Cc4ccc(F)cc4F)s3)cn2C[C@H]2CCCN12. The van der Waals surface area contributed by atoms with Gasteiger partial charge in [-0.1, -0.05) is 6.07 Å². The first-order valence-electron chi connectivity index (χ1n) is 9.58. The summed E-state index contributed by atoms with van der Waals surface area (Å²) < 4.78 is 28.7. The fourth-order valence-electron chi connectivity index (χ4n) is 4.19. The highest BCUT2D eigenvalue weighted by Gasteiger charge is 2.38. The number of nitrogens with zero attached hydrogens (tertiary/aromatic N) is 3. The molecule has 2 aromatic heterocycles. The number of fused-ring (bicyclic) bond motifs is 2. The van der Waals surface area contributed by atoms with Crippen LogP contribution in [0.3, 0.4) is 0 Å². The maximum atomic E-state index is 13.9. The maximum Gasteiger partial charge on any atom is 0.274 e. The summed E-state index contributed by atoms with van der Waals surface area (Å²) in [6, 6.07) is 3.46. The number of benzene rings is 1. The lowest BCUT2D eigenvalue weighted by Crippen LogP contribution is -2.45. The number of thiazole rings is 1. The molecule has 9 heteroatoms. The number of carbonyl (C=O) groups excluding carboxylic acids is 1. The fraction of sp³-hybridized carbons (Fsp3) is 0.286. The van der Waals surface area contributed by atoms with Crippen LogP contribution in [-0.4, -0.2) is 38.1 Å². The molecular weight excluding hydrogens is 412 g/mol. The Morgan fingerprint density at radius 2 is 2.10 bits per heavy atom. The van der Waals surface area contributed by atoms with E-state index in [1.54, 1.807) is 15.7 Å². The third-order valence-electron chi connectivity index (χ3n) is 5.67. The standard InChI is InChI=1S/C21H17F2N3O3S/c22-12-4-3-11(16(23)7-12)6-14-8-24-20(30-14)15-10-25-9-13-2-1-5-26(13)21(29)17(25)19(28)18(15)27/h3-4,7-8,10,13,28H,1-2,5-6,9H2/t13-/m1/s1. The van der Waals surface area contributed by atoms with Crippen LogP contribution in [0.25, 0.3) is 10.6 Å². The minimum absolute atomic E-state index is 0.0204. The van der Waals surface area contributed by atoms with Crippen molar-refractivity contribution in [1.29, 1.82) is 0 Å². The van der Waals surface area contributed by atoms with E-state index in [9.17, 15) is 23.5 Å². The number of halogens is 2. The summed E-state index contributed by atoms with van der Waals surface area (Å²) in [5.41, 5.74) is -0.108. The Labute approximate surface area is 174 Å². The highest BCUT2D eigenvalue weighted by atomic mass is 32.1. The van der Waals surface area contributed by atoms with Crippen LogP contribution in [0.5, 0.6) is 5.75 Å². The number of hydrogen-bond donors (Lipinski definition) is 1. The Bertz CT molecular complexity index is 1240. The van der Waals surface area contributed by atoms with Crippen molar-refractivity contribution in [3.05, 3.63) is 68.6 Å².